The second-order valence-electron chi connectivity index (χ2n) is 17.6. The highest BCUT2D eigenvalue weighted by Crippen LogP contribution is 2.44. The molecule has 2 heterocycles. The van der Waals surface area contributed by atoms with Gasteiger partial charge in [0.05, 0.1) is 38.6 Å². The third kappa shape index (κ3) is 4.24. The summed E-state index contributed by atoms with van der Waals surface area (Å²) in [5, 5.41) is 13.8. The van der Waals surface area contributed by atoms with Crippen LogP contribution in [0.2, 0.25) is 39.3 Å². The highest BCUT2D eigenvalue weighted by atomic mass is 28.3. The van der Waals surface area contributed by atoms with E-state index in [1.807, 2.05) is 0 Å². The van der Waals surface area contributed by atoms with E-state index < -0.39 is 52.8 Å². The summed E-state index contributed by atoms with van der Waals surface area (Å²) in [7, 11) is -4.23. The van der Waals surface area contributed by atoms with Gasteiger partial charge in [0.25, 0.3) is 0 Å². The van der Waals surface area contributed by atoms with Crippen LogP contribution in [0.1, 0.15) is 55.4 Å². The van der Waals surface area contributed by atoms with Gasteiger partial charge in [-0.25, -0.2) is 0 Å². The molecule has 0 bridgehead atoms. The molecule has 2 aliphatic heterocycles. The summed E-state index contributed by atoms with van der Waals surface area (Å²) < 4.78 is 26.5. The SMILES string of the molecule is CC1(C)OB(c2cc3c([Si](C)(C)C)cc4c5cc(B6OC(C)(C)C(C)(C)O6)cc6c([Si](C)(C)C)cc(c(c2)c34)c65)OC1(C)C. The van der Waals surface area contributed by atoms with E-state index in [1.165, 1.54) is 53.5 Å². The third-order valence-electron chi connectivity index (χ3n) is 11.3. The van der Waals surface area contributed by atoms with Crippen molar-refractivity contribution in [3.63, 3.8) is 0 Å². The molecule has 0 aromatic heterocycles. The highest BCUT2D eigenvalue weighted by molar-refractivity contribution is 6.92. The monoisotopic (exact) mass is 622 g/mol. The maximum Gasteiger partial charge on any atom is 0.494 e. The van der Waals surface area contributed by atoms with E-state index >= 15 is 0 Å². The Kier molecular flexibility index (Phi) is 6.21. The lowest BCUT2D eigenvalue weighted by molar-refractivity contribution is 0.00578. The Bertz CT molecular complexity index is 1790. The standard InChI is InChI=1S/C36H48B2O4Si2/c1-33(2)34(3,4)40-37(39-33)21-15-23-25-19-30(44(12,13)14)28-18-22(38-41-35(5,6)36(7,8)42-38)16-24(32(25)28)26-20-29(43(9,10)11)27(17-21)31(23)26/h15-20H,1-14H3. The summed E-state index contributed by atoms with van der Waals surface area (Å²) in [5.41, 5.74) is 0.665. The Morgan fingerprint density at radius 1 is 0.409 bits per heavy atom. The Morgan fingerprint density at radius 3 is 0.932 bits per heavy atom. The molecule has 8 heteroatoms. The predicted octanol–water partition coefficient (Wildman–Crippen LogP) is 6.86. The maximum atomic E-state index is 6.63. The van der Waals surface area contributed by atoms with Crippen molar-refractivity contribution < 1.29 is 18.6 Å². The smallest absolute Gasteiger partial charge is 0.399 e. The molecular formula is C36H48B2O4Si2. The quantitative estimate of drug-likeness (QED) is 0.162. The van der Waals surface area contributed by atoms with Gasteiger partial charge in [-0.15, -0.1) is 0 Å². The first-order valence-electron chi connectivity index (χ1n) is 16.3. The van der Waals surface area contributed by atoms with Crippen LogP contribution in [-0.2, 0) is 18.6 Å². The Labute approximate surface area is 266 Å². The van der Waals surface area contributed by atoms with Gasteiger partial charge in [0, 0.05) is 0 Å². The van der Waals surface area contributed by atoms with Gasteiger partial charge in [-0.3, -0.25) is 0 Å². The fourth-order valence-corrected chi connectivity index (χ4v) is 10.4. The second-order valence-corrected chi connectivity index (χ2v) is 27.7. The Balaban J connectivity index is 1.58. The maximum absolute atomic E-state index is 6.63. The van der Waals surface area contributed by atoms with Crippen molar-refractivity contribution in [1.29, 1.82) is 0 Å². The van der Waals surface area contributed by atoms with Crippen LogP contribution >= 0.6 is 0 Å². The molecule has 5 aromatic carbocycles. The van der Waals surface area contributed by atoms with Gasteiger partial charge in [-0.05, 0) is 109 Å². The number of benzene rings is 3. The van der Waals surface area contributed by atoms with Crippen LogP contribution in [0.4, 0.5) is 0 Å². The third-order valence-corrected chi connectivity index (χ3v) is 15.3. The van der Waals surface area contributed by atoms with E-state index in [4.69, 9.17) is 18.6 Å². The normalized spacial score (nSPS) is 21.7. The largest absolute Gasteiger partial charge is 0.494 e. The Hall–Kier alpha value is -1.94. The summed E-state index contributed by atoms with van der Waals surface area (Å²) >= 11 is 0. The van der Waals surface area contributed by atoms with Crippen molar-refractivity contribution in [3.05, 3.63) is 36.4 Å². The minimum Gasteiger partial charge on any atom is -0.399 e. The molecule has 0 spiro atoms. The molecule has 0 amide bonds. The minimum atomic E-state index is -1.72. The fraction of sp³-hybridized carbons (Fsp3) is 0.500. The van der Waals surface area contributed by atoms with Crippen molar-refractivity contribution in [1.82, 2.24) is 0 Å². The van der Waals surface area contributed by atoms with E-state index in [-0.39, 0.29) is 0 Å². The van der Waals surface area contributed by atoms with Gasteiger partial charge in [0.15, 0.2) is 0 Å². The zero-order valence-corrected chi connectivity index (χ0v) is 31.3. The van der Waals surface area contributed by atoms with Crippen molar-refractivity contribution in [2.24, 2.45) is 0 Å². The molecule has 4 nitrogen and oxygen atoms in total. The van der Waals surface area contributed by atoms with E-state index in [0.29, 0.717) is 0 Å². The van der Waals surface area contributed by atoms with Crippen LogP contribution in [-0.4, -0.2) is 52.8 Å². The summed E-state index contributed by atoms with van der Waals surface area (Å²) in [5.74, 6) is 0. The molecule has 44 heavy (non-hydrogen) atoms. The highest BCUT2D eigenvalue weighted by Gasteiger charge is 2.53. The van der Waals surface area contributed by atoms with Crippen molar-refractivity contribution in [2.45, 2.75) is 117 Å². The average molecular weight is 623 g/mol. The molecule has 5 aromatic rings. The second kappa shape index (κ2) is 8.90. The van der Waals surface area contributed by atoms with Crippen LogP contribution in [0.15, 0.2) is 36.4 Å². The summed E-state index contributed by atoms with van der Waals surface area (Å²) in [6, 6.07) is 14.5. The number of rotatable bonds is 4. The molecule has 0 radical (unpaired) electrons. The lowest BCUT2D eigenvalue weighted by Crippen LogP contribution is -2.41. The zero-order valence-electron chi connectivity index (χ0n) is 29.3. The number of hydrogen-bond acceptors (Lipinski definition) is 4. The van der Waals surface area contributed by atoms with Gasteiger partial charge >= 0.3 is 14.2 Å². The van der Waals surface area contributed by atoms with Crippen LogP contribution in [0.25, 0.3) is 43.1 Å². The molecule has 2 aliphatic rings. The number of fused-ring (bicyclic) bond motifs is 2. The zero-order chi connectivity index (χ0) is 32.2. The lowest BCUT2D eigenvalue weighted by atomic mass is 9.76. The van der Waals surface area contributed by atoms with E-state index in [2.05, 4.69) is 131 Å². The van der Waals surface area contributed by atoms with Gasteiger partial charge < -0.3 is 18.6 Å². The molecule has 2 saturated heterocycles. The van der Waals surface area contributed by atoms with Crippen molar-refractivity contribution in [2.75, 3.05) is 0 Å². The van der Waals surface area contributed by atoms with E-state index in [0.717, 1.165) is 10.9 Å². The van der Waals surface area contributed by atoms with Crippen LogP contribution in [0, 0.1) is 0 Å². The average Bonchev–Trinajstić information content (AvgIpc) is 3.56. The molecule has 0 atom stereocenters. The fourth-order valence-electron chi connectivity index (χ4n) is 7.24. The molecule has 0 aliphatic carbocycles. The van der Waals surface area contributed by atoms with Crippen LogP contribution < -0.4 is 21.3 Å². The van der Waals surface area contributed by atoms with E-state index in [9.17, 15) is 0 Å². The predicted molar refractivity (Wildman–Crippen MR) is 196 cm³/mol. The first-order chi connectivity index (χ1) is 20.0. The van der Waals surface area contributed by atoms with Crippen molar-refractivity contribution in [3.8, 4) is 0 Å². The first-order valence-corrected chi connectivity index (χ1v) is 23.3. The van der Waals surface area contributed by atoms with Crippen LogP contribution in [0.5, 0.6) is 0 Å². The van der Waals surface area contributed by atoms with E-state index in [1.54, 1.807) is 0 Å². The lowest BCUT2D eigenvalue weighted by Gasteiger charge is -2.32. The van der Waals surface area contributed by atoms with Gasteiger partial charge in [0.1, 0.15) is 0 Å². The topological polar surface area (TPSA) is 36.9 Å². The summed E-state index contributed by atoms with van der Waals surface area (Å²) in [6.45, 7) is 31.8. The molecular weight excluding hydrogens is 574 g/mol. The van der Waals surface area contributed by atoms with Crippen LogP contribution in [0.3, 0.4) is 0 Å². The molecule has 0 unspecified atom stereocenters. The molecule has 230 valence electrons. The van der Waals surface area contributed by atoms with Gasteiger partial charge in [-0.2, -0.15) is 0 Å². The summed E-state index contributed by atoms with van der Waals surface area (Å²) in [4.78, 5) is 0. The molecule has 2 fully saturated rings. The molecule has 7 rings (SSSR count). The van der Waals surface area contributed by atoms with Crippen molar-refractivity contribution >= 4 is 94.8 Å². The number of hydrogen-bond donors (Lipinski definition) is 0. The first kappa shape index (κ1) is 30.7. The van der Waals surface area contributed by atoms with Gasteiger partial charge in [-0.1, -0.05) is 86.1 Å². The summed E-state index contributed by atoms with van der Waals surface area (Å²) in [6.07, 6.45) is 0. The minimum absolute atomic E-state index is 0.391. The molecule has 0 saturated carbocycles. The molecule has 0 N–H and O–H groups in total. The van der Waals surface area contributed by atoms with Gasteiger partial charge in [0.2, 0.25) is 0 Å². The Morgan fingerprint density at radius 2 is 0.659 bits per heavy atom.